The van der Waals surface area contributed by atoms with Crippen molar-refractivity contribution in [1.82, 2.24) is 0 Å². The highest BCUT2D eigenvalue weighted by Crippen LogP contribution is 2.37. The maximum absolute atomic E-state index is 10.9. The summed E-state index contributed by atoms with van der Waals surface area (Å²) in [5, 5.41) is 10.9. The number of hydrogen-bond acceptors (Lipinski definition) is 3. The third kappa shape index (κ3) is 1.13. The highest BCUT2D eigenvalue weighted by Gasteiger charge is 2.34. The molecule has 0 aromatic heterocycles. The molecule has 1 atom stereocenters. The fraction of sp³-hybridized carbons (Fsp3) is 0.0833. The molecule has 0 saturated heterocycles. The summed E-state index contributed by atoms with van der Waals surface area (Å²) in [5.74, 6) is 0. The number of nitro groups is 1. The molecule has 0 amide bonds. The van der Waals surface area contributed by atoms with Crippen LogP contribution < -0.4 is 0 Å². The minimum Gasteiger partial charge on any atom is -0.263 e. The van der Waals surface area contributed by atoms with Crippen LogP contribution in [-0.2, 0) is 0 Å². The zero-order valence-electron chi connectivity index (χ0n) is 8.33. The molecular formula is C12H8N2O2. The van der Waals surface area contributed by atoms with E-state index in [1.54, 1.807) is 12.2 Å². The van der Waals surface area contributed by atoms with Gasteiger partial charge in [-0.25, -0.2) is 4.99 Å². The van der Waals surface area contributed by atoms with Crippen LogP contribution in [0, 0.1) is 10.1 Å². The standard InChI is InChI=1S/C12H8N2O2/c15-14(16)11-7-3-5-9-8-4-1-2-6-10(8)13-12(9)11/h1-7,11H. The first-order valence-corrected chi connectivity index (χ1v) is 4.98. The van der Waals surface area contributed by atoms with E-state index in [4.69, 9.17) is 0 Å². The van der Waals surface area contributed by atoms with Crippen molar-refractivity contribution in [2.45, 2.75) is 6.04 Å². The van der Waals surface area contributed by atoms with Gasteiger partial charge in [0.2, 0.25) is 0 Å². The molecule has 1 aliphatic heterocycles. The molecule has 0 bridgehead atoms. The summed E-state index contributed by atoms with van der Waals surface area (Å²) in [6, 6.07) is 6.80. The van der Waals surface area contributed by atoms with Crippen LogP contribution in [0.15, 0.2) is 47.5 Å². The maximum atomic E-state index is 10.9. The minimum atomic E-state index is -0.813. The Morgan fingerprint density at radius 2 is 2.12 bits per heavy atom. The van der Waals surface area contributed by atoms with Crippen molar-refractivity contribution in [1.29, 1.82) is 0 Å². The topological polar surface area (TPSA) is 55.5 Å². The van der Waals surface area contributed by atoms with Gasteiger partial charge < -0.3 is 0 Å². The van der Waals surface area contributed by atoms with Crippen molar-refractivity contribution in [2.75, 3.05) is 0 Å². The van der Waals surface area contributed by atoms with Gasteiger partial charge in [-0.2, -0.15) is 0 Å². The van der Waals surface area contributed by atoms with Crippen LogP contribution in [0.4, 0.5) is 5.69 Å². The summed E-state index contributed by atoms with van der Waals surface area (Å²) in [6.45, 7) is 0. The number of aliphatic imine (C=N–C) groups is 1. The van der Waals surface area contributed by atoms with E-state index >= 15 is 0 Å². The van der Waals surface area contributed by atoms with Gasteiger partial charge in [0.1, 0.15) is 5.71 Å². The molecule has 2 aliphatic rings. The number of allylic oxidation sites excluding steroid dienone is 2. The Balaban J connectivity index is 2.16. The van der Waals surface area contributed by atoms with Gasteiger partial charge in [-0.05, 0) is 12.1 Å². The number of nitrogens with zero attached hydrogens (tertiary/aromatic N) is 2. The van der Waals surface area contributed by atoms with Crippen molar-refractivity contribution in [2.24, 2.45) is 4.99 Å². The lowest BCUT2D eigenvalue weighted by molar-refractivity contribution is -0.490. The molecule has 1 aliphatic carbocycles. The van der Waals surface area contributed by atoms with Gasteiger partial charge in [-0.3, -0.25) is 10.1 Å². The summed E-state index contributed by atoms with van der Waals surface area (Å²) >= 11 is 0. The van der Waals surface area contributed by atoms with Crippen molar-refractivity contribution in [3.05, 3.63) is 58.2 Å². The quantitative estimate of drug-likeness (QED) is 0.530. The summed E-state index contributed by atoms with van der Waals surface area (Å²) in [6.07, 6.45) is 5.17. The summed E-state index contributed by atoms with van der Waals surface area (Å²) in [5.41, 5.74) is 3.22. The Labute approximate surface area is 91.8 Å². The fourth-order valence-electron chi connectivity index (χ4n) is 2.05. The zero-order valence-corrected chi connectivity index (χ0v) is 8.33. The predicted octanol–water partition coefficient (Wildman–Crippen LogP) is 2.37. The van der Waals surface area contributed by atoms with Gasteiger partial charge in [0.15, 0.2) is 0 Å². The normalized spacial score (nSPS) is 20.9. The second-order valence-corrected chi connectivity index (χ2v) is 3.71. The van der Waals surface area contributed by atoms with E-state index in [0.717, 1.165) is 16.8 Å². The van der Waals surface area contributed by atoms with E-state index in [0.29, 0.717) is 5.71 Å². The van der Waals surface area contributed by atoms with Crippen molar-refractivity contribution in [3.63, 3.8) is 0 Å². The lowest BCUT2D eigenvalue weighted by atomic mass is 9.94. The SMILES string of the molecule is O=[N+]([O-])C1C=CC=C2C1=Nc1ccccc12. The van der Waals surface area contributed by atoms with Gasteiger partial charge >= 0.3 is 0 Å². The lowest BCUT2D eigenvalue weighted by Gasteiger charge is -2.10. The summed E-state index contributed by atoms with van der Waals surface area (Å²) < 4.78 is 0. The molecule has 1 aromatic rings. The van der Waals surface area contributed by atoms with E-state index in [1.165, 1.54) is 0 Å². The molecule has 0 saturated carbocycles. The second kappa shape index (κ2) is 3.13. The van der Waals surface area contributed by atoms with Crippen molar-refractivity contribution in [3.8, 4) is 0 Å². The first-order valence-electron chi connectivity index (χ1n) is 4.98. The van der Waals surface area contributed by atoms with Gasteiger partial charge in [0.05, 0.1) is 5.69 Å². The number of hydrogen-bond donors (Lipinski definition) is 0. The Kier molecular flexibility index (Phi) is 1.77. The molecule has 0 N–H and O–H groups in total. The zero-order chi connectivity index (χ0) is 11.1. The van der Waals surface area contributed by atoms with E-state index < -0.39 is 6.04 Å². The summed E-state index contributed by atoms with van der Waals surface area (Å²) in [7, 11) is 0. The lowest BCUT2D eigenvalue weighted by Crippen LogP contribution is -2.28. The molecule has 4 heteroatoms. The van der Waals surface area contributed by atoms with Gasteiger partial charge in [-0.1, -0.05) is 30.4 Å². The number of para-hydroxylation sites is 1. The largest absolute Gasteiger partial charge is 0.273 e. The van der Waals surface area contributed by atoms with Crippen LogP contribution in [0.5, 0.6) is 0 Å². The Bertz CT molecular complexity index is 570. The molecule has 78 valence electrons. The molecule has 0 radical (unpaired) electrons. The summed E-state index contributed by atoms with van der Waals surface area (Å²) in [4.78, 5) is 14.9. The molecule has 0 fully saturated rings. The number of fused-ring (bicyclic) bond motifs is 3. The molecule has 16 heavy (non-hydrogen) atoms. The highest BCUT2D eigenvalue weighted by molar-refractivity contribution is 6.32. The van der Waals surface area contributed by atoms with E-state index in [1.807, 2.05) is 30.3 Å². The van der Waals surface area contributed by atoms with E-state index in [-0.39, 0.29) is 4.92 Å². The Hall–Kier alpha value is -2.23. The maximum Gasteiger partial charge on any atom is 0.273 e. The molecule has 4 nitrogen and oxygen atoms in total. The van der Waals surface area contributed by atoms with Crippen molar-refractivity contribution >= 4 is 17.0 Å². The fourth-order valence-corrected chi connectivity index (χ4v) is 2.05. The van der Waals surface area contributed by atoms with Gasteiger partial charge in [-0.15, -0.1) is 0 Å². The molecular weight excluding hydrogens is 204 g/mol. The second-order valence-electron chi connectivity index (χ2n) is 3.71. The number of rotatable bonds is 1. The first kappa shape index (κ1) is 9.03. The smallest absolute Gasteiger partial charge is 0.263 e. The van der Waals surface area contributed by atoms with Crippen LogP contribution in [0.25, 0.3) is 5.57 Å². The third-order valence-electron chi connectivity index (χ3n) is 2.77. The van der Waals surface area contributed by atoms with Crippen LogP contribution in [-0.4, -0.2) is 16.7 Å². The minimum absolute atomic E-state index is 0.311. The van der Waals surface area contributed by atoms with Gasteiger partial charge in [0.25, 0.3) is 6.04 Å². The monoisotopic (exact) mass is 212 g/mol. The predicted molar refractivity (Wildman–Crippen MR) is 61.4 cm³/mol. The molecule has 0 spiro atoms. The first-order chi connectivity index (χ1) is 7.77. The average Bonchev–Trinajstić information content (AvgIpc) is 2.67. The van der Waals surface area contributed by atoms with Crippen LogP contribution >= 0.6 is 0 Å². The molecule has 1 aromatic carbocycles. The highest BCUT2D eigenvalue weighted by atomic mass is 16.6. The van der Waals surface area contributed by atoms with Crippen molar-refractivity contribution < 1.29 is 4.92 Å². The Morgan fingerprint density at radius 3 is 2.94 bits per heavy atom. The average molecular weight is 212 g/mol. The van der Waals surface area contributed by atoms with Crippen LogP contribution in [0.3, 0.4) is 0 Å². The van der Waals surface area contributed by atoms with Crippen LogP contribution in [0.2, 0.25) is 0 Å². The van der Waals surface area contributed by atoms with Gasteiger partial charge in [0, 0.05) is 16.1 Å². The van der Waals surface area contributed by atoms with Crippen LogP contribution in [0.1, 0.15) is 5.56 Å². The van der Waals surface area contributed by atoms with E-state index in [9.17, 15) is 10.1 Å². The molecule has 1 unspecified atom stereocenters. The third-order valence-corrected chi connectivity index (χ3v) is 2.77. The number of benzene rings is 1. The molecule has 3 rings (SSSR count). The Morgan fingerprint density at radius 1 is 1.31 bits per heavy atom. The van der Waals surface area contributed by atoms with E-state index in [2.05, 4.69) is 4.99 Å². The molecule has 1 heterocycles.